The summed E-state index contributed by atoms with van der Waals surface area (Å²) in [6, 6.07) is 18.2. The summed E-state index contributed by atoms with van der Waals surface area (Å²) in [6.07, 6.45) is 3.90. The predicted octanol–water partition coefficient (Wildman–Crippen LogP) is 3.23. The predicted molar refractivity (Wildman–Crippen MR) is 163 cm³/mol. The molecule has 1 atom stereocenters. The van der Waals surface area contributed by atoms with Crippen molar-refractivity contribution in [1.29, 1.82) is 10.8 Å². The molecular weight excluding hydrogens is 553 g/mol. The summed E-state index contributed by atoms with van der Waals surface area (Å²) in [5.41, 5.74) is 3.98. The Kier molecular flexibility index (Phi) is 12.7. The van der Waals surface area contributed by atoms with Crippen LogP contribution in [0, 0.1) is 23.7 Å². The van der Waals surface area contributed by atoms with Crippen LogP contribution in [-0.2, 0) is 14.4 Å². The highest BCUT2D eigenvalue weighted by atomic mass is 19.1. The molecule has 228 valence electrons. The van der Waals surface area contributed by atoms with Crippen molar-refractivity contribution in [1.82, 2.24) is 29.7 Å². The molecule has 4 N–H and O–H groups in total. The number of para-hydroxylation sites is 1. The van der Waals surface area contributed by atoms with Crippen LogP contribution in [0.15, 0.2) is 73.1 Å². The number of nitrogens with zero attached hydrogens (tertiary/aromatic N) is 5. The SMILES string of the molecule is CNc1c(C)c(-c2ccc(=N)n(C(C)=N)c2)nn1-c1ccccc1.COCCN1CC(NC=O)CO1.Fc1ccccn1. The van der Waals surface area contributed by atoms with E-state index >= 15 is 0 Å². The van der Waals surface area contributed by atoms with Crippen molar-refractivity contribution in [3.63, 3.8) is 0 Å². The lowest BCUT2D eigenvalue weighted by Crippen LogP contribution is -2.33. The zero-order valence-corrected chi connectivity index (χ0v) is 24.8. The van der Waals surface area contributed by atoms with Crippen molar-refractivity contribution in [2.45, 2.75) is 19.9 Å². The summed E-state index contributed by atoms with van der Waals surface area (Å²) in [7, 11) is 3.53. The zero-order chi connectivity index (χ0) is 31.2. The molecule has 1 fully saturated rings. The molecular formula is C30H38FN9O3. The van der Waals surface area contributed by atoms with E-state index in [-0.39, 0.29) is 11.5 Å². The van der Waals surface area contributed by atoms with Gasteiger partial charge >= 0.3 is 0 Å². The second-order valence-electron chi connectivity index (χ2n) is 9.39. The molecule has 1 unspecified atom stereocenters. The summed E-state index contributed by atoms with van der Waals surface area (Å²) in [4.78, 5) is 18.6. The van der Waals surface area contributed by atoms with Gasteiger partial charge < -0.3 is 15.4 Å². The Bertz CT molecular complexity index is 1510. The molecule has 1 saturated heterocycles. The maximum atomic E-state index is 11.8. The molecule has 12 nitrogen and oxygen atoms in total. The van der Waals surface area contributed by atoms with E-state index in [0.717, 1.165) is 41.4 Å². The highest BCUT2D eigenvalue weighted by Gasteiger charge is 2.22. The van der Waals surface area contributed by atoms with Crippen LogP contribution in [0.25, 0.3) is 16.9 Å². The van der Waals surface area contributed by atoms with Crippen LogP contribution in [0.5, 0.6) is 0 Å². The van der Waals surface area contributed by atoms with Crippen molar-refractivity contribution in [3.05, 3.63) is 90.1 Å². The standard InChI is InChI=1S/C18H20N6.C7H14N2O3.C5H4FN/c1-12-17(14-9-10-16(20)23(11-14)13(2)19)22-24(18(12)21-3)15-7-5-4-6-8-15;1-11-3-2-9-4-7(5-12-9)8-6-10;6-5-3-1-2-4-7-5/h4-11,19-21H,1-3H3;6-7H,2-5H2,1H3,(H,8,10);1-4H. The number of nitrogens with one attached hydrogen (secondary N) is 4. The van der Waals surface area contributed by atoms with Gasteiger partial charge in [0.2, 0.25) is 12.4 Å². The highest BCUT2D eigenvalue weighted by molar-refractivity contribution is 5.80. The number of carbonyl (C=O) groups excluding carboxylic acids is 1. The number of benzene rings is 1. The third kappa shape index (κ3) is 9.39. The van der Waals surface area contributed by atoms with E-state index in [4.69, 9.17) is 25.5 Å². The fourth-order valence-electron chi connectivity index (χ4n) is 4.17. The van der Waals surface area contributed by atoms with Crippen molar-refractivity contribution >= 4 is 18.1 Å². The number of anilines is 1. The van der Waals surface area contributed by atoms with Gasteiger partial charge in [-0.15, -0.1) is 0 Å². The average Bonchev–Trinajstić information content (AvgIpc) is 3.61. The van der Waals surface area contributed by atoms with Crippen molar-refractivity contribution in [2.75, 3.05) is 45.8 Å². The Morgan fingerprint density at radius 1 is 1.19 bits per heavy atom. The summed E-state index contributed by atoms with van der Waals surface area (Å²) < 4.78 is 20.1. The average molecular weight is 592 g/mol. The highest BCUT2D eigenvalue weighted by Crippen LogP contribution is 2.29. The van der Waals surface area contributed by atoms with Crippen LogP contribution < -0.4 is 16.1 Å². The van der Waals surface area contributed by atoms with Gasteiger partial charge in [-0.2, -0.15) is 14.6 Å². The lowest BCUT2D eigenvalue weighted by Gasteiger charge is -2.12. The first-order chi connectivity index (χ1) is 20.8. The zero-order valence-electron chi connectivity index (χ0n) is 24.8. The quantitative estimate of drug-likeness (QED) is 0.107. The fourth-order valence-corrected chi connectivity index (χ4v) is 4.17. The summed E-state index contributed by atoms with van der Waals surface area (Å²) >= 11 is 0. The maximum absolute atomic E-state index is 11.8. The van der Waals surface area contributed by atoms with Crippen LogP contribution >= 0.6 is 0 Å². The first-order valence-electron chi connectivity index (χ1n) is 13.6. The summed E-state index contributed by atoms with van der Waals surface area (Å²) in [5.74, 6) is 0.794. The molecule has 5 rings (SSSR count). The number of hydrogen-bond acceptors (Lipinski definition) is 9. The van der Waals surface area contributed by atoms with Crippen molar-refractivity contribution < 1.29 is 18.8 Å². The monoisotopic (exact) mass is 591 g/mol. The number of hydrogen-bond donors (Lipinski definition) is 4. The van der Waals surface area contributed by atoms with Gasteiger partial charge in [0.15, 0.2) is 0 Å². The topological polar surface area (TPSA) is 146 Å². The van der Waals surface area contributed by atoms with Crippen LogP contribution in [0.1, 0.15) is 12.5 Å². The molecule has 1 aliphatic heterocycles. The Morgan fingerprint density at radius 3 is 2.51 bits per heavy atom. The summed E-state index contributed by atoms with van der Waals surface area (Å²) in [6.45, 7) is 6.37. The van der Waals surface area contributed by atoms with Gasteiger partial charge in [-0.3, -0.25) is 25.0 Å². The minimum Gasteiger partial charge on any atom is -0.383 e. The molecule has 0 saturated carbocycles. The number of ether oxygens (including phenoxy) is 1. The molecule has 13 heteroatoms. The first-order valence-corrected chi connectivity index (χ1v) is 13.6. The third-order valence-electron chi connectivity index (χ3n) is 6.30. The lowest BCUT2D eigenvalue weighted by atomic mass is 10.1. The number of carbonyl (C=O) groups is 1. The number of rotatable bonds is 8. The molecule has 0 aliphatic carbocycles. The molecule has 4 heterocycles. The van der Waals surface area contributed by atoms with Gasteiger partial charge in [-0.05, 0) is 50.2 Å². The number of pyridine rings is 2. The smallest absolute Gasteiger partial charge is 0.212 e. The first kappa shape index (κ1) is 32.8. The van der Waals surface area contributed by atoms with Gasteiger partial charge in [0.05, 0.1) is 30.6 Å². The number of aromatic nitrogens is 4. The van der Waals surface area contributed by atoms with Crippen LogP contribution in [0.4, 0.5) is 10.2 Å². The van der Waals surface area contributed by atoms with E-state index in [1.807, 2.05) is 55.1 Å². The Hall–Kier alpha value is -4.72. The van der Waals surface area contributed by atoms with Gasteiger partial charge in [0.25, 0.3) is 0 Å². The largest absolute Gasteiger partial charge is 0.383 e. The molecule has 1 aromatic carbocycles. The molecule has 0 radical (unpaired) electrons. The van der Waals surface area contributed by atoms with Gasteiger partial charge in [-0.1, -0.05) is 24.3 Å². The van der Waals surface area contributed by atoms with Gasteiger partial charge in [-0.25, -0.2) is 9.67 Å². The van der Waals surface area contributed by atoms with Crippen molar-refractivity contribution in [3.8, 4) is 16.9 Å². The van der Waals surface area contributed by atoms with Crippen LogP contribution in [0.3, 0.4) is 0 Å². The second-order valence-corrected chi connectivity index (χ2v) is 9.39. The van der Waals surface area contributed by atoms with Crippen molar-refractivity contribution in [2.24, 2.45) is 0 Å². The molecule has 0 spiro atoms. The minimum absolute atomic E-state index is 0.124. The Morgan fingerprint density at radius 2 is 1.93 bits per heavy atom. The van der Waals surface area contributed by atoms with E-state index in [9.17, 15) is 9.18 Å². The van der Waals surface area contributed by atoms with E-state index in [0.29, 0.717) is 25.5 Å². The summed E-state index contributed by atoms with van der Waals surface area (Å²) in [5, 5.41) is 28.2. The van der Waals surface area contributed by atoms with Crippen LogP contribution in [0.2, 0.25) is 0 Å². The normalized spacial score (nSPS) is 14.1. The van der Waals surface area contributed by atoms with Gasteiger partial charge in [0.1, 0.15) is 17.1 Å². The Labute approximate surface area is 250 Å². The molecule has 4 aromatic rings. The second kappa shape index (κ2) is 16.7. The number of hydroxylamine groups is 2. The lowest BCUT2D eigenvalue weighted by molar-refractivity contribution is -0.118. The van der Waals surface area contributed by atoms with E-state index in [2.05, 4.69) is 15.6 Å². The van der Waals surface area contributed by atoms with Gasteiger partial charge in [0, 0.05) is 50.8 Å². The number of amides is 1. The minimum atomic E-state index is -0.428. The number of halogens is 1. The molecule has 3 aromatic heterocycles. The van der Waals surface area contributed by atoms with E-state index < -0.39 is 5.95 Å². The van der Waals surface area contributed by atoms with Crippen LogP contribution in [-0.4, -0.2) is 83.1 Å². The molecule has 1 amide bonds. The molecule has 1 aliphatic rings. The molecule has 43 heavy (non-hydrogen) atoms. The number of methoxy groups -OCH3 is 1. The fraction of sp³-hybridized carbons (Fsp3) is 0.300. The van der Waals surface area contributed by atoms with E-state index in [1.165, 1.54) is 16.8 Å². The van der Waals surface area contributed by atoms with E-state index in [1.54, 1.807) is 43.5 Å². The maximum Gasteiger partial charge on any atom is 0.212 e. The molecule has 0 bridgehead atoms. The Balaban J connectivity index is 0.000000219. The third-order valence-corrected chi connectivity index (χ3v) is 6.30.